The van der Waals surface area contributed by atoms with Crippen molar-refractivity contribution < 1.29 is 18.7 Å². The summed E-state index contributed by atoms with van der Waals surface area (Å²) in [4.78, 5) is 27.5. The first-order chi connectivity index (χ1) is 21.5. The van der Waals surface area contributed by atoms with Crippen LogP contribution in [0.2, 0.25) is 0 Å². The van der Waals surface area contributed by atoms with E-state index in [2.05, 4.69) is 15.5 Å². The molecule has 0 bridgehead atoms. The number of carbonyl (C=O) groups excluding carboxylic acids is 2. The van der Waals surface area contributed by atoms with Crippen LogP contribution in [0, 0.1) is 5.82 Å². The number of nitrogens with one attached hydrogen (secondary N) is 1. The highest BCUT2D eigenvalue weighted by Crippen LogP contribution is 2.35. The predicted octanol–water partition coefficient (Wildman–Crippen LogP) is 5.88. The molecule has 12 heteroatoms. The molecule has 0 fully saturated rings. The van der Waals surface area contributed by atoms with Crippen molar-refractivity contribution in [2.24, 2.45) is 5.10 Å². The molecule has 0 aliphatic carbocycles. The molecule has 0 saturated heterocycles. The molecule has 5 aromatic rings. The summed E-state index contributed by atoms with van der Waals surface area (Å²) < 4.78 is 20.7. The van der Waals surface area contributed by atoms with E-state index >= 15 is 0 Å². The van der Waals surface area contributed by atoms with Gasteiger partial charge in [-0.1, -0.05) is 48.2 Å². The Labute approximate surface area is 261 Å². The average Bonchev–Trinajstić information content (AvgIpc) is 3.84. The van der Waals surface area contributed by atoms with Crippen molar-refractivity contribution in [3.8, 4) is 11.4 Å². The Morgan fingerprint density at radius 1 is 1.00 bits per heavy atom. The highest BCUT2D eigenvalue weighted by molar-refractivity contribution is 7.99. The van der Waals surface area contributed by atoms with Crippen molar-refractivity contribution >= 4 is 40.6 Å². The molecule has 1 N–H and O–H groups in total. The van der Waals surface area contributed by atoms with Gasteiger partial charge in [0, 0.05) is 17.7 Å². The fourth-order valence-electron chi connectivity index (χ4n) is 4.82. The molecule has 2 amide bonds. The average molecular weight is 627 g/mol. The lowest BCUT2D eigenvalue weighted by atomic mass is 10.0. The summed E-state index contributed by atoms with van der Waals surface area (Å²) >= 11 is 2.80. The number of carbonyl (C=O) groups is 2. The van der Waals surface area contributed by atoms with Gasteiger partial charge in [0.15, 0.2) is 11.0 Å². The number of methoxy groups -OCH3 is 1. The van der Waals surface area contributed by atoms with E-state index < -0.39 is 0 Å². The number of hydrazone groups is 1. The number of amides is 2. The Balaban J connectivity index is 1.21. The van der Waals surface area contributed by atoms with Crippen LogP contribution in [0.15, 0.2) is 107 Å². The zero-order valence-electron chi connectivity index (χ0n) is 23.6. The minimum atomic E-state index is -0.350. The largest absolute Gasteiger partial charge is 0.497 e. The summed E-state index contributed by atoms with van der Waals surface area (Å²) in [5.41, 5.74) is 2.91. The monoisotopic (exact) mass is 626 g/mol. The zero-order chi connectivity index (χ0) is 30.5. The predicted molar refractivity (Wildman–Crippen MR) is 168 cm³/mol. The van der Waals surface area contributed by atoms with Gasteiger partial charge in [0.25, 0.3) is 11.8 Å². The quantitative estimate of drug-likeness (QED) is 0.195. The lowest BCUT2D eigenvalue weighted by Crippen LogP contribution is -2.28. The highest BCUT2D eigenvalue weighted by atomic mass is 32.2. The lowest BCUT2D eigenvalue weighted by molar-refractivity contribution is -0.130. The van der Waals surface area contributed by atoms with Crippen molar-refractivity contribution in [3.63, 3.8) is 0 Å². The van der Waals surface area contributed by atoms with Crippen LogP contribution in [-0.4, -0.2) is 50.2 Å². The second-order valence-electron chi connectivity index (χ2n) is 9.80. The number of benzene rings is 3. The number of ether oxygens (including phenoxy) is 1. The number of aromatic nitrogens is 3. The molecular formula is C32H27FN6O3S2. The number of halogens is 1. The number of thiophene rings is 1. The van der Waals surface area contributed by atoms with Gasteiger partial charge in [-0.15, -0.1) is 21.5 Å². The molecule has 0 radical (unpaired) electrons. The summed E-state index contributed by atoms with van der Waals surface area (Å²) in [5, 5.41) is 20.3. The van der Waals surface area contributed by atoms with E-state index in [1.165, 1.54) is 28.9 Å². The molecule has 6 rings (SSSR count). The molecule has 1 aliphatic heterocycles. The Morgan fingerprint density at radius 2 is 1.77 bits per heavy atom. The Hall–Kier alpha value is -4.81. The lowest BCUT2D eigenvalue weighted by Gasteiger charge is -2.22. The molecular weight excluding hydrogens is 600 g/mol. The number of para-hydroxylation sites is 1. The van der Waals surface area contributed by atoms with Gasteiger partial charge >= 0.3 is 0 Å². The summed E-state index contributed by atoms with van der Waals surface area (Å²) in [6, 6.07) is 26.1. The van der Waals surface area contributed by atoms with Gasteiger partial charge in [-0.05, 0) is 65.5 Å². The van der Waals surface area contributed by atoms with Gasteiger partial charge in [-0.2, -0.15) is 5.10 Å². The number of thioether (sulfide) groups is 1. The van der Waals surface area contributed by atoms with Gasteiger partial charge < -0.3 is 10.1 Å². The standard InChI is InChI=1S/C32H27FN6O3S2/c1-42-25-15-11-22(12-16-25)31(41)34-19-29-35-36-32(38(29)24-6-3-2-4-7-24)44-20-30(40)39-27(21-9-13-23(33)14-10-21)18-26(37-39)28-8-5-17-43-28/h2-17,27H,18-20H2,1H3,(H,34,41)/t27-/m1/s1. The van der Waals surface area contributed by atoms with Crippen molar-refractivity contribution in [2.45, 2.75) is 24.2 Å². The molecule has 0 unspecified atom stereocenters. The highest BCUT2D eigenvalue weighted by Gasteiger charge is 2.33. The van der Waals surface area contributed by atoms with Crippen LogP contribution in [0.4, 0.5) is 4.39 Å². The van der Waals surface area contributed by atoms with Gasteiger partial charge in [0.1, 0.15) is 11.6 Å². The molecule has 1 atom stereocenters. The van der Waals surface area contributed by atoms with Crippen molar-refractivity contribution in [3.05, 3.63) is 124 Å². The maximum absolute atomic E-state index is 13.7. The van der Waals surface area contributed by atoms with E-state index in [0.29, 0.717) is 28.7 Å². The minimum absolute atomic E-state index is 0.0437. The van der Waals surface area contributed by atoms with Crippen molar-refractivity contribution in [1.29, 1.82) is 0 Å². The molecule has 1 aliphatic rings. The molecule has 9 nitrogen and oxygen atoms in total. The van der Waals surface area contributed by atoms with Crippen LogP contribution in [-0.2, 0) is 11.3 Å². The molecule has 3 aromatic carbocycles. The van der Waals surface area contributed by atoms with Gasteiger partial charge in [0.2, 0.25) is 0 Å². The van der Waals surface area contributed by atoms with Crippen LogP contribution in [0.3, 0.4) is 0 Å². The van der Waals surface area contributed by atoms with Crippen LogP contribution in [0.25, 0.3) is 5.69 Å². The van der Waals surface area contributed by atoms with E-state index in [-0.39, 0.29) is 36.0 Å². The first kappa shape index (κ1) is 29.3. The first-order valence-corrected chi connectivity index (χ1v) is 15.6. The Kier molecular flexibility index (Phi) is 8.80. The smallest absolute Gasteiger partial charge is 0.253 e. The summed E-state index contributed by atoms with van der Waals surface area (Å²) in [7, 11) is 1.57. The summed E-state index contributed by atoms with van der Waals surface area (Å²) in [6.07, 6.45) is 0.529. The van der Waals surface area contributed by atoms with E-state index in [4.69, 9.17) is 9.84 Å². The van der Waals surface area contributed by atoms with Crippen LogP contribution in [0.1, 0.15) is 39.1 Å². The third kappa shape index (κ3) is 6.41. The second kappa shape index (κ2) is 13.2. The number of hydrogen-bond donors (Lipinski definition) is 1. The topological polar surface area (TPSA) is 102 Å². The SMILES string of the molecule is COc1ccc(C(=O)NCc2nnc(SCC(=O)N3N=C(c4cccs4)C[C@@H]3c3ccc(F)cc3)n2-c2ccccc2)cc1. The maximum Gasteiger partial charge on any atom is 0.253 e. The first-order valence-electron chi connectivity index (χ1n) is 13.7. The van der Waals surface area contributed by atoms with E-state index in [9.17, 15) is 14.0 Å². The molecule has 0 saturated carbocycles. The van der Waals surface area contributed by atoms with Crippen molar-refractivity contribution in [2.75, 3.05) is 12.9 Å². The second-order valence-corrected chi connectivity index (χ2v) is 11.7. The Morgan fingerprint density at radius 3 is 2.48 bits per heavy atom. The summed E-state index contributed by atoms with van der Waals surface area (Å²) in [5.74, 6) is 0.398. The van der Waals surface area contributed by atoms with Crippen LogP contribution >= 0.6 is 23.1 Å². The van der Waals surface area contributed by atoms with Gasteiger partial charge in [0.05, 0.1) is 36.0 Å². The van der Waals surface area contributed by atoms with Crippen LogP contribution in [0.5, 0.6) is 5.75 Å². The zero-order valence-corrected chi connectivity index (χ0v) is 25.2. The summed E-state index contributed by atoms with van der Waals surface area (Å²) in [6.45, 7) is 0.120. The maximum atomic E-state index is 13.7. The van der Waals surface area contributed by atoms with E-state index in [1.807, 2.05) is 52.4 Å². The fraction of sp³-hybridized carbons (Fsp3) is 0.156. The van der Waals surface area contributed by atoms with E-state index in [0.717, 1.165) is 21.8 Å². The molecule has 3 heterocycles. The van der Waals surface area contributed by atoms with Gasteiger partial charge in [-0.3, -0.25) is 14.2 Å². The fourth-order valence-corrected chi connectivity index (χ4v) is 6.36. The molecule has 0 spiro atoms. The molecule has 44 heavy (non-hydrogen) atoms. The Bertz CT molecular complexity index is 1780. The third-order valence-corrected chi connectivity index (χ3v) is 8.86. The van der Waals surface area contributed by atoms with E-state index in [1.54, 1.807) is 54.8 Å². The number of nitrogens with zero attached hydrogens (tertiary/aromatic N) is 5. The number of rotatable bonds is 10. The van der Waals surface area contributed by atoms with Crippen LogP contribution < -0.4 is 10.1 Å². The van der Waals surface area contributed by atoms with Gasteiger partial charge in [-0.25, -0.2) is 9.40 Å². The number of hydrogen-bond acceptors (Lipinski definition) is 8. The van der Waals surface area contributed by atoms with Crippen molar-refractivity contribution in [1.82, 2.24) is 25.1 Å². The molecule has 222 valence electrons. The normalized spacial score (nSPS) is 14.4. The third-order valence-electron chi connectivity index (χ3n) is 7.03. The molecule has 2 aromatic heterocycles. The minimum Gasteiger partial charge on any atom is -0.497 e.